The Morgan fingerprint density at radius 1 is 1.19 bits per heavy atom. The van der Waals surface area contributed by atoms with Gasteiger partial charge in [-0.3, -0.25) is 14.6 Å². The number of anilines is 1. The number of benzene rings is 1. The molecule has 5 atom stereocenters. The Morgan fingerprint density at radius 2 is 1.84 bits per heavy atom. The molecule has 0 unspecified atom stereocenters. The van der Waals surface area contributed by atoms with Crippen molar-refractivity contribution in [3.05, 3.63) is 24.3 Å². The highest BCUT2D eigenvalue weighted by Gasteiger charge is 2.50. The van der Waals surface area contributed by atoms with Gasteiger partial charge in [0.25, 0.3) is 0 Å². The number of ether oxygens (including phenoxy) is 1. The van der Waals surface area contributed by atoms with E-state index in [2.05, 4.69) is 25.7 Å². The summed E-state index contributed by atoms with van der Waals surface area (Å²) in [6, 6.07) is 4.32. The van der Waals surface area contributed by atoms with Crippen LogP contribution >= 0.6 is 11.8 Å². The number of fused-ring (bicyclic) bond motifs is 1. The number of aliphatic hydroxyl groups excluding tert-OH is 2. The quantitative estimate of drug-likeness (QED) is 0.384. The van der Waals surface area contributed by atoms with Crippen molar-refractivity contribution < 1.29 is 37.7 Å². The average molecular weight is 476 g/mol. The Bertz CT molecular complexity index is 868. The summed E-state index contributed by atoms with van der Waals surface area (Å²) in [5.74, 6) is -1.54. The first-order valence-corrected chi connectivity index (χ1v) is 10.7. The Kier molecular flexibility index (Phi) is 7.51. The fourth-order valence-corrected chi connectivity index (χ4v) is 4.90. The average Bonchev–Trinajstić information content (AvgIpc) is 3.12. The number of amidine groups is 1. The highest BCUT2D eigenvalue weighted by Crippen LogP contribution is 2.41. The molecule has 32 heavy (non-hydrogen) atoms. The fourth-order valence-electron chi connectivity index (χ4n) is 3.53. The third-order valence-corrected chi connectivity index (χ3v) is 6.27. The van der Waals surface area contributed by atoms with E-state index in [1.165, 1.54) is 30.8 Å². The van der Waals surface area contributed by atoms with E-state index in [9.17, 15) is 33.0 Å². The van der Waals surface area contributed by atoms with E-state index in [0.717, 1.165) is 12.1 Å². The van der Waals surface area contributed by atoms with E-state index in [1.54, 1.807) is 0 Å². The zero-order valence-corrected chi connectivity index (χ0v) is 17.7. The van der Waals surface area contributed by atoms with Crippen LogP contribution in [0.25, 0.3) is 0 Å². The third-order valence-electron chi connectivity index (χ3n) is 4.96. The van der Waals surface area contributed by atoms with Crippen molar-refractivity contribution in [1.82, 2.24) is 10.6 Å². The Balaban J connectivity index is 1.63. The summed E-state index contributed by atoms with van der Waals surface area (Å²) in [7, 11) is 0. The molecule has 2 aliphatic rings. The number of carbonyl (C=O) groups is 2. The summed E-state index contributed by atoms with van der Waals surface area (Å²) in [5, 5.41) is 28.7. The van der Waals surface area contributed by atoms with E-state index >= 15 is 0 Å². The molecule has 1 aromatic rings. The Hall–Kier alpha value is -2.51. The molecule has 0 spiro atoms. The number of hydrogen-bond donors (Lipinski definition) is 5. The smallest absolute Gasteiger partial charge is 0.406 e. The highest BCUT2D eigenvalue weighted by atomic mass is 32.2. The number of thioether (sulfide) groups is 1. The van der Waals surface area contributed by atoms with E-state index < -0.39 is 35.8 Å². The summed E-state index contributed by atoms with van der Waals surface area (Å²) in [6.45, 7) is 1.84. The van der Waals surface area contributed by atoms with Gasteiger partial charge in [0.15, 0.2) is 5.17 Å². The van der Waals surface area contributed by atoms with Gasteiger partial charge in [0.1, 0.15) is 11.9 Å². The molecule has 1 aliphatic heterocycles. The second kappa shape index (κ2) is 9.96. The number of amides is 2. The summed E-state index contributed by atoms with van der Waals surface area (Å²) in [6.07, 6.45) is -7.03. The first kappa shape index (κ1) is 24.1. The molecule has 1 aromatic carbocycles. The van der Waals surface area contributed by atoms with Crippen LogP contribution in [0.5, 0.6) is 5.75 Å². The van der Waals surface area contributed by atoms with Crippen molar-refractivity contribution >= 4 is 34.4 Å². The van der Waals surface area contributed by atoms with Crippen LogP contribution in [0.4, 0.5) is 18.9 Å². The van der Waals surface area contributed by atoms with Gasteiger partial charge >= 0.3 is 6.36 Å². The Morgan fingerprint density at radius 3 is 2.47 bits per heavy atom. The van der Waals surface area contributed by atoms with Crippen molar-refractivity contribution in [1.29, 1.82) is 0 Å². The van der Waals surface area contributed by atoms with Crippen molar-refractivity contribution in [2.75, 3.05) is 18.4 Å². The molecule has 5 N–H and O–H groups in total. The van der Waals surface area contributed by atoms with Crippen molar-refractivity contribution in [2.45, 2.75) is 43.2 Å². The lowest BCUT2D eigenvalue weighted by molar-refractivity contribution is -0.274. The van der Waals surface area contributed by atoms with Crippen LogP contribution in [0.1, 0.15) is 13.3 Å². The maximum atomic E-state index is 12.6. The summed E-state index contributed by atoms with van der Waals surface area (Å²) in [5.41, 5.74) is 0.441. The zero-order valence-electron chi connectivity index (χ0n) is 16.9. The van der Waals surface area contributed by atoms with Crippen LogP contribution in [-0.2, 0) is 9.59 Å². The van der Waals surface area contributed by atoms with E-state index in [1.807, 2.05) is 0 Å². The van der Waals surface area contributed by atoms with Crippen LogP contribution in [0.3, 0.4) is 0 Å². The molecule has 2 amide bonds. The van der Waals surface area contributed by atoms with Crippen molar-refractivity contribution in [3.8, 4) is 5.75 Å². The number of halogens is 3. The first-order valence-electron chi connectivity index (χ1n) is 9.79. The monoisotopic (exact) mass is 476 g/mol. The number of carbonyl (C=O) groups excluding carboxylic acids is 2. The topological polar surface area (TPSA) is 132 Å². The predicted molar refractivity (Wildman–Crippen MR) is 111 cm³/mol. The SMILES string of the molecule is CC(=O)NCCNC(=O)[C@H]1C[C@@H](O)[C@H](O)[C@@H]2N=C(Nc3ccc(OC(F)(F)F)cc3)S[C@@H]21. The number of aliphatic imine (C=N–C) groups is 1. The van der Waals surface area contributed by atoms with Gasteiger partial charge in [-0.1, -0.05) is 11.8 Å². The molecule has 0 bridgehead atoms. The number of aliphatic hydroxyl groups is 2. The Labute approximate surface area is 185 Å². The molecule has 0 saturated heterocycles. The highest BCUT2D eigenvalue weighted by molar-refractivity contribution is 8.15. The molecule has 13 heteroatoms. The molecule has 3 rings (SSSR count). The van der Waals surface area contributed by atoms with Gasteiger partial charge in [-0.05, 0) is 30.7 Å². The molecule has 1 aliphatic carbocycles. The zero-order chi connectivity index (χ0) is 23.5. The number of rotatable bonds is 6. The van der Waals surface area contributed by atoms with Gasteiger partial charge in [0.05, 0.1) is 18.1 Å². The lowest BCUT2D eigenvalue weighted by atomic mass is 9.81. The van der Waals surface area contributed by atoms with Crippen LogP contribution in [0, 0.1) is 5.92 Å². The molecule has 1 fully saturated rings. The minimum absolute atomic E-state index is 0.0492. The molecule has 1 heterocycles. The molecule has 1 saturated carbocycles. The van der Waals surface area contributed by atoms with Crippen LogP contribution < -0.4 is 20.7 Å². The molecule has 176 valence electrons. The van der Waals surface area contributed by atoms with Gasteiger partial charge in [0, 0.05) is 31.0 Å². The normalized spacial score (nSPS) is 27.2. The minimum atomic E-state index is -4.79. The number of hydrogen-bond acceptors (Lipinski definition) is 8. The summed E-state index contributed by atoms with van der Waals surface area (Å²) in [4.78, 5) is 27.9. The molecular formula is C19H23F3N4O5S. The molecule has 0 aromatic heterocycles. The van der Waals surface area contributed by atoms with Gasteiger partial charge < -0.3 is 30.9 Å². The summed E-state index contributed by atoms with van der Waals surface area (Å²) >= 11 is 1.22. The lowest BCUT2D eigenvalue weighted by Crippen LogP contribution is -2.54. The second-order valence-corrected chi connectivity index (χ2v) is 8.55. The minimum Gasteiger partial charge on any atom is -0.406 e. The number of nitrogens with zero attached hydrogens (tertiary/aromatic N) is 1. The standard InChI is InChI=1S/C19H23F3N4O5S/c1-9(27)23-6-7-24-17(30)12-8-13(28)15(29)14-16(12)32-18(26-14)25-10-2-4-11(5-3-10)31-19(20,21)22/h2-5,12-16,28-29H,6-8H2,1H3,(H,23,27)(H,24,30)(H,25,26)/t12-,13+,14-,15-,16+/m0/s1. The predicted octanol–water partition coefficient (Wildman–Crippen LogP) is 0.831. The van der Waals surface area contributed by atoms with E-state index in [4.69, 9.17) is 0 Å². The van der Waals surface area contributed by atoms with Gasteiger partial charge in [-0.15, -0.1) is 13.2 Å². The third kappa shape index (κ3) is 6.26. The van der Waals surface area contributed by atoms with Crippen molar-refractivity contribution in [3.63, 3.8) is 0 Å². The number of nitrogens with one attached hydrogen (secondary N) is 3. The largest absolute Gasteiger partial charge is 0.573 e. The molecule has 9 nitrogen and oxygen atoms in total. The van der Waals surface area contributed by atoms with E-state index in [-0.39, 0.29) is 37.1 Å². The fraction of sp³-hybridized carbons (Fsp3) is 0.526. The molecule has 0 radical (unpaired) electrons. The van der Waals surface area contributed by atoms with Crippen LogP contribution in [0.2, 0.25) is 0 Å². The maximum absolute atomic E-state index is 12.6. The summed E-state index contributed by atoms with van der Waals surface area (Å²) < 4.78 is 40.7. The lowest BCUT2D eigenvalue weighted by Gasteiger charge is -2.37. The first-order chi connectivity index (χ1) is 15.0. The van der Waals surface area contributed by atoms with Crippen molar-refractivity contribution in [2.24, 2.45) is 10.9 Å². The van der Waals surface area contributed by atoms with Gasteiger partial charge in [-0.2, -0.15) is 0 Å². The van der Waals surface area contributed by atoms with Crippen LogP contribution in [-0.4, -0.2) is 70.1 Å². The van der Waals surface area contributed by atoms with Crippen LogP contribution in [0.15, 0.2) is 29.3 Å². The maximum Gasteiger partial charge on any atom is 0.573 e. The second-order valence-electron chi connectivity index (χ2n) is 7.38. The number of alkyl halides is 3. The van der Waals surface area contributed by atoms with Gasteiger partial charge in [-0.25, -0.2) is 0 Å². The molecular weight excluding hydrogens is 453 g/mol. The van der Waals surface area contributed by atoms with E-state index in [0.29, 0.717) is 10.9 Å². The van der Waals surface area contributed by atoms with Gasteiger partial charge in [0.2, 0.25) is 11.8 Å².